The monoisotopic (exact) mass is 459 g/mol. The van der Waals surface area contributed by atoms with Crippen molar-refractivity contribution in [1.82, 2.24) is 19.5 Å². The lowest BCUT2D eigenvalue weighted by Crippen LogP contribution is -2.26. The third kappa shape index (κ3) is 4.28. The fourth-order valence-electron chi connectivity index (χ4n) is 3.70. The van der Waals surface area contributed by atoms with Gasteiger partial charge in [-0.05, 0) is 45.9 Å². The third-order valence-corrected chi connectivity index (χ3v) is 5.52. The van der Waals surface area contributed by atoms with Gasteiger partial charge in [-0.15, -0.1) is 0 Å². The van der Waals surface area contributed by atoms with Gasteiger partial charge in [-0.3, -0.25) is 0 Å². The zero-order valence-electron chi connectivity index (χ0n) is 19.2. The smallest absolute Gasteiger partial charge is 0.285 e. The summed E-state index contributed by atoms with van der Waals surface area (Å²) < 4.78 is 41.4. The molecule has 176 valence electrons. The summed E-state index contributed by atoms with van der Waals surface area (Å²) in [6.07, 6.45) is 3.09. The van der Waals surface area contributed by atoms with Crippen LogP contribution in [0.3, 0.4) is 0 Å². The first kappa shape index (κ1) is 23.1. The first-order chi connectivity index (χ1) is 15.5. The molecule has 1 atom stereocenters. The van der Waals surface area contributed by atoms with Crippen LogP contribution >= 0.6 is 0 Å². The topological polar surface area (TPSA) is 94.3 Å². The summed E-state index contributed by atoms with van der Waals surface area (Å²) >= 11 is 0. The Morgan fingerprint density at radius 1 is 1.24 bits per heavy atom. The Balaban J connectivity index is 1.72. The molecule has 33 heavy (non-hydrogen) atoms. The molecule has 0 radical (unpaired) electrons. The van der Waals surface area contributed by atoms with E-state index in [-0.39, 0.29) is 23.9 Å². The molecule has 1 aliphatic carbocycles. The second-order valence-corrected chi connectivity index (χ2v) is 8.60. The predicted octanol–water partition coefficient (Wildman–Crippen LogP) is 4.22. The number of halogens is 2. The quantitative estimate of drug-likeness (QED) is 0.521. The van der Waals surface area contributed by atoms with E-state index in [9.17, 15) is 13.9 Å². The second-order valence-electron chi connectivity index (χ2n) is 8.60. The minimum absolute atomic E-state index is 0.0291. The SMILES string of the molecule is CCOC1(c2cc(C(C)(C)O)nc(Nc3ccc(-n4cnc(C)c4)c(OC)c3)n2)CC1(F)F. The zero-order valence-corrected chi connectivity index (χ0v) is 19.2. The highest BCUT2D eigenvalue weighted by Gasteiger charge is 2.75. The second kappa shape index (κ2) is 8.03. The Kier molecular flexibility index (Phi) is 5.61. The number of benzene rings is 1. The number of aromatic nitrogens is 4. The summed E-state index contributed by atoms with van der Waals surface area (Å²) in [5.74, 6) is -2.41. The van der Waals surface area contributed by atoms with Gasteiger partial charge in [-0.25, -0.2) is 23.7 Å². The number of aliphatic hydroxyl groups is 1. The van der Waals surface area contributed by atoms with E-state index in [1.54, 1.807) is 32.5 Å². The Morgan fingerprint density at radius 3 is 2.52 bits per heavy atom. The molecule has 0 spiro atoms. The van der Waals surface area contributed by atoms with Gasteiger partial charge in [0, 0.05) is 24.6 Å². The zero-order chi connectivity index (χ0) is 24.0. The highest BCUT2D eigenvalue weighted by molar-refractivity contribution is 5.62. The van der Waals surface area contributed by atoms with E-state index in [4.69, 9.17) is 9.47 Å². The molecule has 1 aliphatic rings. The molecule has 1 fully saturated rings. The normalized spacial score (nSPS) is 19.4. The summed E-state index contributed by atoms with van der Waals surface area (Å²) in [6.45, 7) is 6.72. The summed E-state index contributed by atoms with van der Waals surface area (Å²) in [7, 11) is 1.55. The molecule has 1 aromatic carbocycles. The predicted molar refractivity (Wildman–Crippen MR) is 118 cm³/mol. The summed E-state index contributed by atoms with van der Waals surface area (Å²) in [5.41, 5.74) is -0.726. The molecule has 0 bridgehead atoms. The number of hydrogen-bond donors (Lipinski definition) is 2. The van der Waals surface area contributed by atoms with Crippen LogP contribution in [0.15, 0.2) is 36.8 Å². The Hall–Kier alpha value is -3.11. The van der Waals surface area contributed by atoms with Crippen LogP contribution in [-0.4, -0.2) is 44.3 Å². The number of imidazole rings is 1. The molecular weight excluding hydrogens is 432 g/mol. The Bertz CT molecular complexity index is 1180. The van der Waals surface area contributed by atoms with Gasteiger partial charge in [0.1, 0.15) is 11.4 Å². The van der Waals surface area contributed by atoms with E-state index in [2.05, 4.69) is 20.3 Å². The molecule has 8 nitrogen and oxygen atoms in total. The first-order valence-electron chi connectivity index (χ1n) is 10.6. The van der Waals surface area contributed by atoms with Crippen molar-refractivity contribution in [3.63, 3.8) is 0 Å². The molecule has 1 unspecified atom stereocenters. The Labute approximate surface area is 190 Å². The van der Waals surface area contributed by atoms with Crippen molar-refractivity contribution >= 4 is 11.6 Å². The van der Waals surface area contributed by atoms with Crippen molar-refractivity contribution in [2.24, 2.45) is 0 Å². The summed E-state index contributed by atoms with van der Waals surface area (Å²) in [4.78, 5) is 12.9. The summed E-state index contributed by atoms with van der Waals surface area (Å²) in [5, 5.41) is 13.6. The molecule has 10 heteroatoms. The molecule has 4 rings (SSSR count). The van der Waals surface area contributed by atoms with Gasteiger partial charge >= 0.3 is 0 Å². The number of nitrogens with one attached hydrogen (secondary N) is 1. The maximum Gasteiger partial charge on any atom is 0.285 e. The van der Waals surface area contributed by atoms with Crippen molar-refractivity contribution in [2.45, 2.75) is 51.2 Å². The number of hydrogen-bond acceptors (Lipinski definition) is 7. The molecule has 2 N–H and O–H groups in total. The van der Waals surface area contributed by atoms with Crippen molar-refractivity contribution in [3.05, 3.63) is 53.9 Å². The highest BCUT2D eigenvalue weighted by Crippen LogP contribution is 2.62. The molecule has 3 aromatic rings. The fraction of sp³-hybridized carbons (Fsp3) is 0.435. The van der Waals surface area contributed by atoms with Crippen LogP contribution in [0.5, 0.6) is 5.75 Å². The number of ether oxygens (including phenoxy) is 2. The summed E-state index contributed by atoms with van der Waals surface area (Å²) in [6, 6.07) is 6.75. The first-order valence-corrected chi connectivity index (χ1v) is 10.6. The van der Waals surface area contributed by atoms with Crippen LogP contribution < -0.4 is 10.1 Å². The number of aryl methyl sites for hydroxylation is 1. The lowest BCUT2D eigenvalue weighted by molar-refractivity contribution is -0.0574. The van der Waals surface area contributed by atoms with E-state index in [1.165, 1.54) is 19.9 Å². The van der Waals surface area contributed by atoms with Gasteiger partial charge in [0.15, 0.2) is 5.60 Å². The molecule has 2 aromatic heterocycles. The van der Waals surface area contributed by atoms with Crippen LogP contribution in [0, 0.1) is 6.92 Å². The Morgan fingerprint density at radius 2 is 1.97 bits per heavy atom. The molecule has 0 aliphatic heterocycles. The highest BCUT2D eigenvalue weighted by atomic mass is 19.3. The maximum atomic E-state index is 14.3. The van der Waals surface area contributed by atoms with Gasteiger partial charge in [-0.2, -0.15) is 0 Å². The molecule has 1 saturated carbocycles. The van der Waals surface area contributed by atoms with Crippen LogP contribution in [0.1, 0.15) is 44.3 Å². The molecule has 0 saturated heterocycles. The van der Waals surface area contributed by atoms with Crippen molar-refractivity contribution in [1.29, 1.82) is 0 Å². The van der Waals surface area contributed by atoms with E-state index in [0.29, 0.717) is 11.4 Å². The van der Waals surface area contributed by atoms with Gasteiger partial charge < -0.3 is 24.5 Å². The third-order valence-electron chi connectivity index (χ3n) is 5.52. The largest absolute Gasteiger partial charge is 0.494 e. The minimum Gasteiger partial charge on any atom is -0.494 e. The van der Waals surface area contributed by atoms with Gasteiger partial charge in [0.05, 0.1) is 42.6 Å². The van der Waals surface area contributed by atoms with E-state index >= 15 is 0 Å². The lowest BCUT2D eigenvalue weighted by atomic mass is 10.0. The van der Waals surface area contributed by atoms with Gasteiger partial charge in [0.25, 0.3) is 5.92 Å². The fourth-order valence-corrected chi connectivity index (χ4v) is 3.70. The van der Waals surface area contributed by atoms with Crippen LogP contribution in [0.25, 0.3) is 5.69 Å². The van der Waals surface area contributed by atoms with Gasteiger partial charge in [-0.1, -0.05) is 0 Å². The molecule has 2 heterocycles. The molecular formula is C23H27F2N5O3. The van der Waals surface area contributed by atoms with Crippen molar-refractivity contribution in [3.8, 4) is 11.4 Å². The van der Waals surface area contributed by atoms with E-state index in [1.807, 2.05) is 23.8 Å². The van der Waals surface area contributed by atoms with E-state index < -0.39 is 23.5 Å². The van der Waals surface area contributed by atoms with Crippen molar-refractivity contribution in [2.75, 3.05) is 19.0 Å². The average molecular weight is 459 g/mol. The van der Waals surface area contributed by atoms with Gasteiger partial charge in [0.2, 0.25) is 5.95 Å². The number of rotatable bonds is 8. The van der Waals surface area contributed by atoms with Crippen LogP contribution in [-0.2, 0) is 15.9 Å². The maximum absolute atomic E-state index is 14.3. The number of methoxy groups -OCH3 is 1. The van der Waals surface area contributed by atoms with Crippen molar-refractivity contribution < 1.29 is 23.4 Å². The number of alkyl halides is 2. The standard InChI is InChI=1S/C23H27F2N5O3/c1-6-33-22(12-23(22,24)25)19-10-18(21(3,4)31)28-20(29-19)27-15-7-8-16(17(9-15)32-5)30-11-14(2)26-13-30/h7-11,13,31H,6,12H2,1-5H3,(H,27,28,29). The van der Waals surface area contributed by atoms with Crippen LogP contribution in [0.2, 0.25) is 0 Å². The van der Waals surface area contributed by atoms with E-state index in [0.717, 1.165) is 11.4 Å². The minimum atomic E-state index is -3.04. The number of nitrogens with zero attached hydrogens (tertiary/aromatic N) is 4. The average Bonchev–Trinajstić information content (AvgIpc) is 3.06. The lowest BCUT2D eigenvalue weighted by Gasteiger charge is -2.22. The van der Waals surface area contributed by atoms with Crippen LogP contribution in [0.4, 0.5) is 20.4 Å². The molecule has 0 amide bonds. The number of anilines is 2.